The van der Waals surface area contributed by atoms with Gasteiger partial charge < -0.3 is 10.2 Å². The maximum Gasteiger partial charge on any atom is 0.230 e. The molecule has 106 valence electrons. The van der Waals surface area contributed by atoms with Crippen LogP contribution < -0.4 is 5.32 Å². The summed E-state index contributed by atoms with van der Waals surface area (Å²) in [6.07, 6.45) is 2.72. The highest BCUT2D eigenvalue weighted by Crippen LogP contribution is 2.22. The summed E-state index contributed by atoms with van der Waals surface area (Å²) in [5.74, 6) is 0.0420. The average molecular weight is 263 g/mol. The smallest absolute Gasteiger partial charge is 0.230 e. The number of carbonyl (C=O) groups excluding carboxylic acids is 1. The zero-order valence-electron chi connectivity index (χ0n) is 12.7. The number of aryl methyl sites for hydroxylation is 1. The van der Waals surface area contributed by atoms with Crippen LogP contribution in [0.1, 0.15) is 32.0 Å². The van der Waals surface area contributed by atoms with Gasteiger partial charge in [0.2, 0.25) is 5.91 Å². The summed E-state index contributed by atoms with van der Waals surface area (Å²) in [6.45, 7) is 7.44. The molecule has 0 atom stereocenters. The van der Waals surface area contributed by atoms with E-state index in [4.69, 9.17) is 0 Å². The van der Waals surface area contributed by atoms with Crippen LogP contribution in [0.25, 0.3) is 0 Å². The molecule has 4 heteroatoms. The van der Waals surface area contributed by atoms with Crippen LogP contribution in [0.4, 0.5) is 0 Å². The van der Waals surface area contributed by atoms with Gasteiger partial charge in [0.05, 0.1) is 5.41 Å². The number of nitrogens with zero attached hydrogens (tertiary/aromatic N) is 2. The number of likely N-dealkylation sites (N-methyl/N-ethyl adjacent to an activating group) is 1. The number of aromatic nitrogens is 1. The fraction of sp³-hybridized carbons (Fsp3) is 0.600. The topological polar surface area (TPSA) is 45.2 Å². The molecule has 1 aromatic heterocycles. The van der Waals surface area contributed by atoms with Gasteiger partial charge >= 0.3 is 0 Å². The molecule has 0 saturated heterocycles. The Balaban J connectivity index is 2.69. The Labute approximate surface area is 116 Å². The van der Waals surface area contributed by atoms with E-state index < -0.39 is 5.41 Å². The molecule has 1 amide bonds. The molecule has 0 aliphatic rings. The molecular weight excluding hydrogens is 238 g/mol. The van der Waals surface area contributed by atoms with E-state index in [-0.39, 0.29) is 5.91 Å². The Hall–Kier alpha value is -1.42. The summed E-state index contributed by atoms with van der Waals surface area (Å²) in [6, 6.07) is 3.99. The molecule has 0 unspecified atom stereocenters. The molecule has 0 fully saturated rings. The molecule has 0 aromatic carbocycles. The zero-order chi connectivity index (χ0) is 14.5. The molecule has 19 heavy (non-hydrogen) atoms. The number of carbonyl (C=O) groups is 1. The normalized spacial score (nSPS) is 11.7. The SMILES string of the molecule is CCc1ccc(C(C)(C)C(=O)NCCN(C)C)cn1. The predicted molar refractivity (Wildman–Crippen MR) is 78.2 cm³/mol. The number of nitrogens with one attached hydrogen (secondary N) is 1. The van der Waals surface area contributed by atoms with Crippen LogP contribution in [0.15, 0.2) is 18.3 Å². The van der Waals surface area contributed by atoms with E-state index in [1.165, 1.54) is 0 Å². The Bertz CT molecular complexity index is 410. The van der Waals surface area contributed by atoms with Gasteiger partial charge in [0.15, 0.2) is 0 Å². The lowest BCUT2D eigenvalue weighted by Gasteiger charge is -2.24. The minimum absolute atomic E-state index is 0.0420. The molecular formula is C15H25N3O. The zero-order valence-corrected chi connectivity index (χ0v) is 12.7. The van der Waals surface area contributed by atoms with Crippen molar-refractivity contribution < 1.29 is 4.79 Å². The molecule has 0 saturated carbocycles. The molecule has 0 aliphatic heterocycles. The van der Waals surface area contributed by atoms with Gasteiger partial charge in [0.25, 0.3) is 0 Å². The third-order valence-electron chi connectivity index (χ3n) is 3.32. The van der Waals surface area contributed by atoms with Crippen LogP contribution in [0, 0.1) is 0 Å². The van der Waals surface area contributed by atoms with Gasteiger partial charge in [-0.05, 0) is 46.0 Å². The van der Waals surface area contributed by atoms with E-state index in [1.54, 1.807) is 0 Å². The average Bonchev–Trinajstić information content (AvgIpc) is 2.38. The lowest BCUT2D eigenvalue weighted by atomic mass is 9.84. The van der Waals surface area contributed by atoms with Gasteiger partial charge in [-0.3, -0.25) is 9.78 Å². The predicted octanol–water partition coefficient (Wildman–Crippen LogP) is 1.60. The lowest BCUT2D eigenvalue weighted by Crippen LogP contribution is -2.42. The summed E-state index contributed by atoms with van der Waals surface area (Å²) in [5.41, 5.74) is 1.45. The number of hydrogen-bond donors (Lipinski definition) is 1. The third-order valence-corrected chi connectivity index (χ3v) is 3.32. The van der Waals surface area contributed by atoms with Crippen LogP contribution in [-0.2, 0) is 16.6 Å². The fourth-order valence-corrected chi connectivity index (χ4v) is 1.75. The van der Waals surface area contributed by atoms with Crippen LogP contribution >= 0.6 is 0 Å². The molecule has 1 N–H and O–H groups in total. The Morgan fingerprint density at radius 1 is 1.37 bits per heavy atom. The van der Waals surface area contributed by atoms with Crippen molar-refractivity contribution >= 4 is 5.91 Å². The highest BCUT2D eigenvalue weighted by atomic mass is 16.2. The molecule has 1 rings (SSSR count). The molecule has 0 bridgehead atoms. The van der Waals surface area contributed by atoms with Gasteiger partial charge in [-0.25, -0.2) is 0 Å². The van der Waals surface area contributed by atoms with E-state index in [9.17, 15) is 4.79 Å². The molecule has 1 heterocycles. The van der Waals surface area contributed by atoms with Gasteiger partial charge in [-0.15, -0.1) is 0 Å². The maximum atomic E-state index is 12.2. The van der Waals surface area contributed by atoms with E-state index in [2.05, 4.69) is 17.2 Å². The summed E-state index contributed by atoms with van der Waals surface area (Å²) in [5, 5.41) is 2.97. The standard InChI is InChI=1S/C15H25N3O/c1-6-13-8-7-12(11-17-13)15(2,3)14(19)16-9-10-18(4)5/h7-8,11H,6,9-10H2,1-5H3,(H,16,19). The first-order chi connectivity index (χ1) is 8.87. The fourth-order valence-electron chi connectivity index (χ4n) is 1.75. The van der Waals surface area contributed by atoms with E-state index in [0.29, 0.717) is 6.54 Å². The van der Waals surface area contributed by atoms with E-state index in [0.717, 1.165) is 24.2 Å². The lowest BCUT2D eigenvalue weighted by molar-refractivity contribution is -0.125. The second-order valence-electron chi connectivity index (χ2n) is 5.58. The Morgan fingerprint density at radius 3 is 2.53 bits per heavy atom. The van der Waals surface area contributed by atoms with Crippen LogP contribution in [0.3, 0.4) is 0 Å². The number of rotatable bonds is 6. The van der Waals surface area contributed by atoms with Crippen molar-refractivity contribution in [3.8, 4) is 0 Å². The molecule has 4 nitrogen and oxygen atoms in total. The van der Waals surface area contributed by atoms with Gasteiger partial charge in [-0.1, -0.05) is 13.0 Å². The van der Waals surface area contributed by atoms with Crippen molar-refractivity contribution in [3.05, 3.63) is 29.6 Å². The highest BCUT2D eigenvalue weighted by molar-refractivity contribution is 5.87. The second-order valence-corrected chi connectivity index (χ2v) is 5.58. The Kier molecular flexibility index (Phi) is 5.48. The summed E-state index contributed by atoms with van der Waals surface area (Å²) in [4.78, 5) is 18.7. The largest absolute Gasteiger partial charge is 0.354 e. The molecule has 0 aliphatic carbocycles. The first-order valence-electron chi connectivity index (χ1n) is 6.76. The monoisotopic (exact) mass is 263 g/mol. The second kappa shape index (κ2) is 6.66. The van der Waals surface area contributed by atoms with Crippen LogP contribution in [0.5, 0.6) is 0 Å². The Morgan fingerprint density at radius 2 is 2.05 bits per heavy atom. The summed E-state index contributed by atoms with van der Waals surface area (Å²) >= 11 is 0. The molecule has 1 aromatic rings. The minimum Gasteiger partial charge on any atom is -0.354 e. The van der Waals surface area contributed by atoms with Crippen molar-refractivity contribution in [2.45, 2.75) is 32.6 Å². The molecule has 0 radical (unpaired) electrons. The number of amides is 1. The van der Waals surface area contributed by atoms with Gasteiger partial charge in [-0.2, -0.15) is 0 Å². The number of hydrogen-bond acceptors (Lipinski definition) is 3. The minimum atomic E-state index is -0.550. The summed E-state index contributed by atoms with van der Waals surface area (Å²) in [7, 11) is 3.98. The summed E-state index contributed by atoms with van der Waals surface area (Å²) < 4.78 is 0. The van der Waals surface area contributed by atoms with Crippen LogP contribution in [0.2, 0.25) is 0 Å². The van der Waals surface area contributed by atoms with E-state index >= 15 is 0 Å². The maximum absolute atomic E-state index is 12.2. The number of pyridine rings is 1. The third kappa shape index (κ3) is 4.31. The van der Waals surface area contributed by atoms with Crippen molar-refractivity contribution in [2.75, 3.05) is 27.2 Å². The van der Waals surface area contributed by atoms with Crippen molar-refractivity contribution in [1.29, 1.82) is 0 Å². The first kappa shape index (κ1) is 15.6. The van der Waals surface area contributed by atoms with Crippen molar-refractivity contribution in [1.82, 2.24) is 15.2 Å². The highest BCUT2D eigenvalue weighted by Gasteiger charge is 2.29. The quantitative estimate of drug-likeness (QED) is 0.848. The van der Waals surface area contributed by atoms with Crippen LogP contribution in [-0.4, -0.2) is 43.0 Å². The van der Waals surface area contributed by atoms with Crippen molar-refractivity contribution in [2.24, 2.45) is 0 Å². The van der Waals surface area contributed by atoms with Crippen molar-refractivity contribution in [3.63, 3.8) is 0 Å². The first-order valence-corrected chi connectivity index (χ1v) is 6.76. The van der Waals surface area contributed by atoms with Gasteiger partial charge in [0, 0.05) is 25.0 Å². The molecule has 0 spiro atoms. The van der Waals surface area contributed by atoms with Gasteiger partial charge in [0.1, 0.15) is 0 Å². The van der Waals surface area contributed by atoms with E-state index in [1.807, 2.05) is 51.2 Å².